The van der Waals surface area contributed by atoms with Crippen LogP contribution in [-0.2, 0) is 18.9 Å². The lowest BCUT2D eigenvalue weighted by Gasteiger charge is -2.24. The van der Waals surface area contributed by atoms with Gasteiger partial charge in [-0.1, -0.05) is 26.0 Å². The molecule has 1 aromatic carbocycles. The van der Waals surface area contributed by atoms with Gasteiger partial charge < -0.3 is 5.73 Å². The van der Waals surface area contributed by atoms with Crippen molar-refractivity contribution in [2.45, 2.75) is 39.5 Å². The molecule has 0 amide bonds. The third-order valence-corrected chi connectivity index (χ3v) is 3.59. The number of aryl methyl sites for hydroxylation is 1. The molecule has 2 rings (SSSR count). The molecule has 2 N–H and O–H groups in total. The number of hydrogen-bond donors (Lipinski definition) is 1. The van der Waals surface area contributed by atoms with Crippen LogP contribution < -0.4 is 5.73 Å². The summed E-state index contributed by atoms with van der Waals surface area (Å²) < 4.78 is 1.90. The molecule has 108 valence electrons. The molecule has 0 spiro atoms. The topological polar surface area (TPSA) is 56.7 Å². The van der Waals surface area contributed by atoms with E-state index >= 15 is 0 Å². The molecule has 0 unspecified atom stereocenters. The fourth-order valence-corrected chi connectivity index (χ4v) is 2.46. The van der Waals surface area contributed by atoms with Crippen LogP contribution in [0.4, 0.5) is 5.69 Å². The number of benzene rings is 1. The summed E-state index contributed by atoms with van der Waals surface area (Å²) in [6, 6.07) is 7.99. The van der Waals surface area contributed by atoms with Crippen LogP contribution in [0.3, 0.4) is 0 Å². The molecule has 4 nitrogen and oxygen atoms in total. The minimum Gasteiger partial charge on any atom is -0.399 e. The first-order valence-corrected chi connectivity index (χ1v) is 7.07. The second kappa shape index (κ2) is 5.27. The van der Waals surface area contributed by atoms with Crippen LogP contribution >= 0.6 is 0 Å². The van der Waals surface area contributed by atoms with Crippen molar-refractivity contribution < 1.29 is 0 Å². The normalized spacial score (nSPS) is 12.1. The predicted octanol–water partition coefficient (Wildman–Crippen LogP) is 2.92. The van der Waals surface area contributed by atoms with Gasteiger partial charge in [0.2, 0.25) is 0 Å². The Hall–Kier alpha value is -1.84. The second-order valence-corrected chi connectivity index (χ2v) is 6.32. The van der Waals surface area contributed by atoms with E-state index in [1.807, 2.05) is 23.9 Å². The first-order valence-electron chi connectivity index (χ1n) is 7.07. The third kappa shape index (κ3) is 2.84. The number of rotatable bonds is 4. The summed E-state index contributed by atoms with van der Waals surface area (Å²) in [6.07, 6.45) is 0.908. The summed E-state index contributed by atoms with van der Waals surface area (Å²) in [5.74, 6) is 2.46. The highest BCUT2D eigenvalue weighted by Gasteiger charge is 2.29. The Morgan fingerprint density at radius 3 is 2.35 bits per heavy atom. The van der Waals surface area contributed by atoms with Crippen LogP contribution in [-0.4, -0.2) is 14.8 Å². The molecule has 0 fully saturated rings. The Morgan fingerprint density at radius 2 is 1.80 bits per heavy atom. The maximum Gasteiger partial charge on any atom is 0.151 e. The van der Waals surface area contributed by atoms with E-state index in [1.165, 1.54) is 5.56 Å². The Labute approximate surface area is 121 Å². The van der Waals surface area contributed by atoms with Crippen molar-refractivity contribution in [3.63, 3.8) is 0 Å². The van der Waals surface area contributed by atoms with E-state index in [1.54, 1.807) is 0 Å². The van der Waals surface area contributed by atoms with Crippen molar-refractivity contribution in [3.8, 4) is 0 Å². The van der Waals surface area contributed by atoms with Gasteiger partial charge in [-0.3, -0.25) is 4.68 Å². The number of nitrogens with zero attached hydrogens (tertiary/aromatic N) is 3. The molecule has 0 aliphatic carbocycles. The van der Waals surface area contributed by atoms with Crippen molar-refractivity contribution >= 4 is 5.69 Å². The van der Waals surface area contributed by atoms with Crippen LogP contribution in [0.15, 0.2) is 24.3 Å². The molecule has 0 radical (unpaired) electrons. The third-order valence-electron chi connectivity index (χ3n) is 3.59. The molecule has 0 saturated carbocycles. The number of aromatic nitrogens is 3. The molecule has 1 aromatic heterocycles. The average molecular weight is 272 g/mol. The van der Waals surface area contributed by atoms with Gasteiger partial charge in [-0.05, 0) is 37.5 Å². The summed E-state index contributed by atoms with van der Waals surface area (Å²) >= 11 is 0. The van der Waals surface area contributed by atoms with E-state index in [0.717, 1.165) is 23.8 Å². The van der Waals surface area contributed by atoms with E-state index < -0.39 is 0 Å². The van der Waals surface area contributed by atoms with Gasteiger partial charge in [0.05, 0.1) is 0 Å². The molecule has 0 bridgehead atoms. The standard InChI is InChI=1S/C16H24N4/c1-11(2)10-14-18-15(20(5)19-14)16(3,4)12-6-8-13(17)9-7-12/h6-9,11H,10,17H2,1-5H3. The fraction of sp³-hybridized carbons (Fsp3) is 0.500. The maximum atomic E-state index is 5.76. The Kier molecular flexibility index (Phi) is 3.84. The van der Waals surface area contributed by atoms with Crippen LogP contribution in [0.1, 0.15) is 44.9 Å². The molecule has 0 atom stereocenters. The highest BCUT2D eigenvalue weighted by molar-refractivity contribution is 5.43. The highest BCUT2D eigenvalue weighted by atomic mass is 15.3. The Morgan fingerprint density at radius 1 is 1.20 bits per heavy atom. The van der Waals surface area contributed by atoms with E-state index in [-0.39, 0.29) is 5.41 Å². The van der Waals surface area contributed by atoms with Crippen molar-refractivity contribution in [2.75, 3.05) is 5.73 Å². The lowest BCUT2D eigenvalue weighted by Crippen LogP contribution is -2.24. The number of nitrogen functional groups attached to an aromatic ring is 1. The van der Waals surface area contributed by atoms with E-state index in [4.69, 9.17) is 10.7 Å². The van der Waals surface area contributed by atoms with Gasteiger partial charge in [-0.15, -0.1) is 0 Å². The number of anilines is 1. The minimum atomic E-state index is -0.190. The summed E-state index contributed by atoms with van der Waals surface area (Å²) in [5, 5.41) is 4.54. The van der Waals surface area contributed by atoms with Gasteiger partial charge in [0.15, 0.2) is 5.82 Å². The molecule has 0 aliphatic heterocycles. The summed E-state index contributed by atoms with van der Waals surface area (Å²) in [6.45, 7) is 8.70. The zero-order valence-corrected chi connectivity index (χ0v) is 13.0. The minimum absolute atomic E-state index is 0.190. The molecule has 1 heterocycles. The first kappa shape index (κ1) is 14.6. The van der Waals surface area contributed by atoms with Gasteiger partial charge in [0.25, 0.3) is 0 Å². The fourth-order valence-electron chi connectivity index (χ4n) is 2.46. The lowest BCUT2D eigenvalue weighted by atomic mass is 9.83. The van der Waals surface area contributed by atoms with Crippen LogP contribution in [0.2, 0.25) is 0 Å². The lowest BCUT2D eigenvalue weighted by molar-refractivity contribution is 0.542. The van der Waals surface area contributed by atoms with Gasteiger partial charge in [-0.2, -0.15) is 5.10 Å². The summed E-state index contributed by atoms with van der Waals surface area (Å²) in [4.78, 5) is 4.74. The predicted molar refractivity (Wildman–Crippen MR) is 82.5 cm³/mol. The van der Waals surface area contributed by atoms with Crippen molar-refractivity contribution in [2.24, 2.45) is 13.0 Å². The SMILES string of the molecule is CC(C)Cc1nc(C(C)(C)c2ccc(N)cc2)n(C)n1. The number of hydrogen-bond acceptors (Lipinski definition) is 3. The zero-order chi connectivity index (χ0) is 14.9. The van der Waals surface area contributed by atoms with Crippen molar-refractivity contribution in [3.05, 3.63) is 41.5 Å². The van der Waals surface area contributed by atoms with Crippen LogP contribution in [0.25, 0.3) is 0 Å². The average Bonchev–Trinajstić information content (AvgIpc) is 2.70. The first-order chi connectivity index (χ1) is 9.30. The molecular formula is C16H24N4. The van der Waals surface area contributed by atoms with Gasteiger partial charge >= 0.3 is 0 Å². The molecule has 2 aromatic rings. The van der Waals surface area contributed by atoms with E-state index in [0.29, 0.717) is 5.92 Å². The molecule has 0 saturated heterocycles. The largest absolute Gasteiger partial charge is 0.399 e. The van der Waals surface area contributed by atoms with Crippen LogP contribution in [0, 0.1) is 5.92 Å². The van der Waals surface area contributed by atoms with E-state index in [9.17, 15) is 0 Å². The smallest absolute Gasteiger partial charge is 0.151 e. The number of nitrogens with two attached hydrogens (primary N) is 1. The molecule has 4 heteroatoms. The van der Waals surface area contributed by atoms with E-state index in [2.05, 4.69) is 44.9 Å². The van der Waals surface area contributed by atoms with Crippen LogP contribution in [0.5, 0.6) is 0 Å². The Bertz CT molecular complexity index is 579. The van der Waals surface area contributed by atoms with Gasteiger partial charge in [0.1, 0.15) is 5.82 Å². The monoisotopic (exact) mass is 272 g/mol. The second-order valence-electron chi connectivity index (χ2n) is 6.32. The quantitative estimate of drug-likeness (QED) is 0.871. The summed E-state index contributed by atoms with van der Waals surface area (Å²) in [7, 11) is 1.96. The Balaban J connectivity index is 2.38. The van der Waals surface area contributed by atoms with Gasteiger partial charge in [0, 0.05) is 24.6 Å². The van der Waals surface area contributed by atoms with Crippen molar-refractivity contribution in [1.82, 2.24) is 14.8 Å². The summed E-state index contributed by atoms with van der Waals surface area (Å²) in [5.41, 5.74) is 7.55. The molecule has 0 aliphatic rings. The molecular weight excluding hydrogens is 248 g/mol. The van der Waals surface area contributed by atoms with Gasteiger partial charge in [-0.25, -0.2) is 4.98 Å². The highest BCUT2D eigenvalue weighted by Crippen LogP contribution is 2.30. The van der Waals surface area contributed by atoms with Crippen molar-refractivity contribution in [1.29, 1.82) is 0 Å². The molecule has 20 heavy (non-hydrogen) atoms. The zero-order valence-electron chi connectivity index (χ0n) is 13.0. The maximum absolute atomic E-state index is 5.76.